The molecule has 4 aliphatic rings. The first-order valence-electron chi connectivity index (χ1n) is 8.99. The van der Waals surface area contributed by atoms with Gasteiger partial charge >= 0.3 is 0 Å². The first-order valence-corrected chi connectivity index (χ1v) is 8.99. The lowest BCUT2D eigenvalue weighted by molar-refractivity contribution is -0.171. The summed E-state index contributed by atoms with van der Waals surface area (Å²) in [5.74, 6) is 1.48. The lowest BCUT2D eigenvalue weighted by Gasteiger charge is -2.63. The number of nitrogens with one attached hydrogen (secondary N) is 2. The highest BCUT2D eigenvalue weighted by atomic mass is 16.5. The first kappa shape index (κ1) is 15.2. The predicted molar refractivity (Wildman–Crippen MR) is 88.2 cm³/mol. The highest BCUT2D eigenvalue weighted by Crippen LogP contribution is 2.62. The number of aliphatic imine (C=N–C) groups is 1. The van der Waals surface area contributed by atoms with Gasteiger partial charge in [0.15, 0.2) is 5.96 Å². The standard InChI is InChI=1S/C17H28N4O2/c1-21(2)13(22)10-18-16(19-11-4-5-11)20-14-12-6-9-23-15(12)17(14)7-3-8-17/h11-12,14-15H,3-10H2,1-2H3,(H2,18,19,20). The first-order chi connectivity index (χ1) is 11.1. The second-order valence-electron chi connectivity index (χ2n) is 7.82. The van der Waals surface area contributed by atoms with Gasteiger partial charge in [0.05, 0.1) is 6.10 Å². The Morgan fingerprint density at radius 2 is 2.04 bits per heavy atom. The smallest absolute Gasteiger partial charge is 0.243 e. The summed E-state index contributed by atoms with van der Waals surface area (Å²) in [6.45, 7) is 1.11. The average molecular weight is 320 g/mol. The van der Waals surface area contributed by atoms with E-state index >= 15 is 0 Å². The second kappa shape index (κ2) is 5.65. The van der Waals surface area contributed by atoms with Crippen molar-refractivity contribution in [3.05, 3.63) is 0 Å². The molecular formula is C17H28N4O2. The van der Waals surface area contributed by atoms with Gasteiger partial charge in [0, 0.05) is 44.1 Å². The van der Waals surface area contributed by atoms with Crippen molar-refractivity contribution in [3.8, 4) is 0 Å². The van der Waals surface area contributed by atoms with Gasteiger partial charge in [0.1, 0.15) is 6.54 Å². The summed E-state index contributed by atoms with van der Waals surface area (Å²) in [5, 5.41) is 7.15. The molecule has 0 aromatic carbocycles. The van der Waals surface area contributed by atoms with E-state index < -0.39 is 0 Å². The minimum absolute atomic E-state index is 0.0379. The van der Waals surface area contributed by atoms with Gasteiger partial charge in [-0.1, -0.05) is 6.42 Å². The molecule has 1 spiro atoms. The number of nitrogens with zero attached hydrogens (tertiary/aromatic N) is 2. The maximum absolute atomic E-state index is 11.8. The fourth-order valence-corrected chi connectivity index (χ4v) is 4.45. The number of fused-ring (bicyclic) bond motifs is 2. The molecule has 2 N–H and O–H groups in total. The fraction of sp³-hybridized carbons (Fsp3) is 0.882. The molecule has 1 heterocycles. The molecule has 0 radical (unpaired) electrons. The largest absolute Gasteiger partial charge is 0.377 e. The van der Waals surface area contributed by atoms with Crippen LogP contribution in [0, 0.1) is 11.3 Å². The average Bonchev–Trinajstić information content (AvgIpc) is 3.18. The topological polar surface area (TPSA) is 66.0 Å². The van der Waals surface area contributed by atoms with Gasteiger partial charge in [-0.15, -0.1) is 0 Å². The summed E-state index contributed by atoms with van der Waals surface area (Å²) in [5.41, 5.74) is 0.332. The highest BCUT2D eigenvalue weighted by molar-refractivity contribution is 5.85. The van der Waals surface area contributed by atoms with Crippen LogP contribution in [0.2, 0.25) is 0 Å². The molecule has 0 aromatic heterocycles. The summed E-state index contributed by atoms with van der Waals surface area (Å²) in [6, 6.07) is 0.993. The summed E-state index contributed by atoms with van der Waals surface area (Å²) in [4.78, 5) is 18.0. The predicted octanol–water partition coefficient (Wildman–Crippen LogP) is 0.730. The zero-order chi connectivity index (χ0) is 16.0. The van der Waals surface area contributed by atoms with E-state index in [2.05, 4.69) is 15.6 Å². The molecule has 1 aliphatic heterocycles. The number of rotatable bonds is 4. The Kier molecular flexibility index (Phi) is 3.75. The molecule has 1 amide bonds. The van der Waals surface area contributed by atoms with Crippen molar-refractivity contribution >= 4 is 11.9 Å². The van der Waals surface area contributed by atoms with E-state index in [1.54, 1.807) is 19.0 Å². The van der Waals surface area contributed by atoms with E-state index in [0.29, 0.717) is 29.5 Å². The zero-order valence-corrected chi connectivity index (χ0v) is 14.2. The number of carbonyl (C=O) groups excluding carboxylic acids is 1. The molecular weight excluding hydrogens is 292 g/mol. The number of guanidine groups is 1. The summed E-state index contributed by atoms with van der Waals surface area (Å²) in [7, 11) is 3.55. The summed E-state index contributed by atoms with van der Waals surface area (Å²) < 4.78 is 5.98. The Balaban J connectivity index is 1.44. The minimum atomic E-state index is 0.0379. The lowest BCUT2D eigenvalue weighted by Crippen LogP contribution is -2.72. The van der Waals surface area contributed by atoms with Crippen LogP contribution in [-0.4, -0.2) is 62.2 Å². The molecule has 3 unspecified atom stereocenters. The van der Waals surface area contributed by atoms with Crippen LogP contribution >= 0.6 is 0 Å². The molecule has 3 aliphatic carbocycles. The quantitative estimate of drug-likeness (QED) is 0.592. The van der Waals surface area contributed by atoms with Gasteiger partial charge in [-0.3, -0.25) is 4.79 Å². The minimum Gasteiger partial charge on any atom is -0.377 e. The van der Waals surface area contributed by atoms with Gasteiger partial charge in [-0.25, -0.2) is 4.99 Å². The number of hydrogen-bond acceptors (Lipinski definition) is 3. The molecule has 3 saturated carbocycles. The lowest BCUT2D eigenvalue weighted by atomic mass is 9.46. The van der Waals surface area contributed by atoms with Crippen LogP contribution in [0.1, 0.15) is 38.5 Å². The van der Waals surface area contributed by atoms with E-state index in [9.17, 15) is 4.79 Å². The highest BCUT2D eigenvalue weighted by Gasteiger charge is 2.66. The third kappa shape index (κ3) is 2.61. The van der Waals surface area contributed by atoms with Crippen molar-refractivity contribution < 1.29 is 9.53 Å². The number of ether oxygens (including phenoxy) is 1. The molecule has 23 heavy (non-hydrogen) atoms. The van der Waals surface area contributed by atoms with Crippen LogP contribution in [0.25, 0.3) is 0 Å². The zero-order valence-electron chi connectivity index (χ0n) is 14.2. The summed E-state index contributed by atoms with van der Waals surface area (Å²) >= 11 is 0. The van der Waals surface area contributed by atoms with Crippen LogP contribution in [0.15, 0.2) is 4.99 Å². The number of carbonyl (C=O) groups is 1. The third-order valence-electron chi connectivity index (χ3n) is 6.12. The van der Waals surface area contributed by atoms with E-state index in [-0.39, 0.29) is 12.5 Å². The maximum Gasteiger partial charge on any atom is 0.243 e. The van der Waals surface area contributed by atoms with Gasteiger partial charge in [0.2, 0.25) is 5.91 Å². The fourth-order valence-electron chi connectivity index (χ4n) is 4.45. The van der Waals surface area contributed by atoms with Gasteiger partial charge in [-0.05, 0) is 32.1 Å². The Morgan fingerprint density at radius 3 is 2.65 bits per heavy atom. The molecule has 0 bridgehead atoms. The van der Waals surface area contributed by atoms with Crippen molar-refractivity contribution in [2.75, 3.05) is 27.2 Å². The molecule has 128 valence electrons. The van der Waals surface area contributed by atoms with E-state index in [0.717, 1.165) is 19.0 Å². The molecule has 4 rings (SSSR count). The van der Waals surface area contributed by atoms with Crippen LogP contribution in [0.4, 0.5) is 0 Å². The monoisotopic (exact) mass is 320 g/mol. The van der Waals surface area contributed by atoms with Crippen molar-refractivity contribution in [1.82, 2.24) is 15.5 Å². The molecule has 1 saturated heterocycles. The van der Waals surface area contributed by atoms with Gasteiger partial charge in [0.25, 0.3) is 0 Å². The van der Waals surface area contributed by atoms with Crippen molar-refractivity contribution in [1.29, 1.82) is 0 Å². The number of amides is 1. The molecule has 0 aromatic rings. The Labute approximate surface area is 138 Å². The number of likely N-dealkylation sites (N-methyl/N-ethyl adjacent to an activating group) is 1. The van der Waals surface area contributed by atoms with Gasteiger partial charge < -0.3 is 20.3 Å². The summed E-state index contributed by atoms with van der Waals surface area (Å²) in [6.07, 6.45) is 7.85. The molecule has 4 fully saturated rings. The second-order valence-corrected chi connectivity index (χ2v) is 7.82. The number of hydrogen-bond donors (Lipinski definition) is 2. The molecule has 6 heteroatoms. The SMILES string of the molecule is CN(C)C(=O)CN=C(NC1CC1)NC1C2CCOC2C12CCC2. The van der Waals surface area contributed by atoms with Crippen LogP contribution in [-0.2, 0) is 9.53 Å². The molecule has 6 nitrogen and oxygen atoms in total. The van der Waals surface area contributed by atoms with Crippen molar-refractivity contribution in [3.63, 3.8) is 0 Å². The van der Waals surface area contributed by atoms with Crippen LogP contribution < -0.4 is 10.6 Å². The maximum atomic E-state index is 11.8. The van der Waals surface area contributed by atoms with Gasteiger partial charge in [-0.2, -0.15) is 0 Å². The van der Waals surface area contributed by atoms with E-state index in [1.165, 1.54) is 32.1 Å². The van der Waals surface area contributed by atoms with Crippen molar-refractivity contribution in [2.24, 2.45) is 16.3 Å². The Hall–Kier alpha value is -1.30. The third-order valence-corrected chi connectivity index (χ3v) is 6.12. The van der Waals surface area contributed by atoms with E-state index in [4.69, 9.17) is 4.74 Å². The van der Waals surface area contributed by atoms with Crippen LogP contribution in [0.3, 0.4) is 0 Å². The van der Waals surface area contributed by atoms with E-state index in [1.807, 2.05) is 0 Å². The molecule has 3 atom stereocenters. The normalized spacial score (nSPS) is 34.3. The van der Waals surface area contributed by atoms with Crippen LogP contribution in [0.5, 0.6) is 0 Å². The van der Waals surface area contributed by atoms with Crippen molar-refractivity contribution in [2.45, 2.75) is 56.7 Å². The Morgan fingerprint density at radius 1 is 1.26 bits per heavy atom. The Bertz CT molecular complexity index is 511.